The molecule has 0 aliphatic rings. The van der Waals surface area contributed by atoms with Crippen molar-refractivity contribution in [2.45, 2.75) is 65.3 Å². The molecule has 0 spiro atoms. The second kappa shape index (κ2) is 10.4. The van der Waals surface area contributed by atoms with Crippen LogP contribution >= 0.6 is 0 Å². The zero-order valence-electron chi connectivity index (χ0n) is 16.8. The molecule has 0 aliphatic heterocycles. The Hall–Kier alpha value is -1.91. The number of aliphatic hydroxyl groups excluding tert-OH is 1. The maximum atomic E-state index is 11.2. The number of aliphatic hydroxyl groups is 1. The van der Waals surface area contributed by atoms with Crippen LogP contribution in [0.3, 0.4) is 0 Å². The fourth-order valence-electron chi connectivity index (χ4n) is 3.56. The highest BCUT2D eigenvalue weighted by atomic mass is 28.3. The third kappa shape index (κ3) is 6.05. The maximum absolute atomic E-state index is 11.2. The highest BCUT2D eigenvalue weighted by Crippen LogP contribution is 2.18. The molecule has 0 bridgehead atoms. The normalized spacial score (nSPS) is 13.2. The van der Waals surface area contributed by atoms with Crippen molar-refractivity contribution in [1.29, 1.82) is 0 Å². The molecule has 2 rings (SSSR count). The van der Waals surface area contributed by atoms with E-state index in [0.29, 0.717) is 6.61 Å². The van der Waals surface area contributed by atoms with Crippen LogP contribution in [0.5, 0.6) is 0 Å². The summed E-state index contributed by atoms with van der Waals surface area (Å²) in [6, 6.07) is 18.1. The molecule has 0 heterocycles. The summed E-state index contributed by atoms with van der Waals surface area (Å²) in [6.07, 6.45) is 4.98. The number of unbranched alkanes of at least 4 members (excludes halogenated alkanes) is 3. The van der Waals surface area contributed by atoms with Crippen LogP contribution in [-0.2, 0) is 22.7 Å². The molecule has 0 radical (unpaired) electrons. The van der Waals surface area contributed by atoms with Gasteiger partial charge in [0.25, 0.3) is 0 Å². The molecule has 0 saturated heterocycles. The van der Waals surface area contributed by atoms with Crippen LogP contribution in [-0.4, -0.2) is 19.1 Å². The van der Waals surface area contributed by atoms with E-state index < -0.39 is 8.07 Å². The van der Waals surface area contributed by atoms with E-state index in [-0.39, 0.29) is 12.6 Å². The zero-order valence-corrected chi connectivity index (χ0v) is 17.8. The topological polar surface area (TPSA) is 46.5 Å². The molecule has 1 atom stereocenters. The van der Waals surface area contributed by atoms with E-state index in [4.69, 9.17) is 4.74 Å². The minimum atomic E-state index is -1.94. The monoisotopic (exact) mass is 384 g/mol. The van der Waals surface area contributed by atoms with Gasteiger partial charge in [-0.3, -0.25) is 4.79 Å². The molecule has 0 aromatic heterocycles. The third-order valence-corrected chi connectivity index (χ3v) is 9.81. The first kappa shape index (κ1) is 21.4. The number of rotatable bonds is 10. The molecule has 2 aromatic rings. The van der Waals surface area contributed by atoms with Crippen LogP contribution in [0.15, 0.2) is 48.5 Å². The lowest BCUT2D eigenvalue weighted by molar-refractivity contribution is -0.142. The summed E-state index contributed by atoms with van der Waals surface area (Å²) < 4.78 is 5.19. The molecule has 1 N–H and O–H groups in total. The van der Waals surface area contributed by atoms with Crippen LogP contribution in [0.25, 0.3) is 0 Å². The van der Waals surface area contributed by atoms with Crippen molar-refractivity contribution >= 4 is 24.4 Å². The second-order valence-corrected chi connectivity index (χ2v) is 11.8. The fourth-order valence-corrected chi connectivity index (χ4v) is 7.37. The van der Waals surface area contributed by atoms with Crippen LogP contribution in [0, 0.1) is 0 Å². The van der Waals surface area contributed by atoms with E-state index in [2.05, 4.69) is 49.9 Å². The Morgan fingerprint density at radius 2 is 1.63 bits per heavy atom. The Morgan fingerprint density at radius 3 is 2.22 bits per heavy atom. The number of ether oxygens (including phenoxy) is 1. The van der Waals surface area contributed by atoms with E-state index in [1.165, 1.54) is 49.0 Å². The lowest BCUT2D eigenvalue weighted by Gasteiger charge is -2.30. The Morgan fingerprint density at radius 1 is 1.00 bits per heavy atom. The zero-order chi connectivity index (χ0) is 19.7. The van der Waals surface area contributed by atoms with Gasteiger partial charge in [-0.2, -0.15) is 0 Å². The fraction of sp³-hybridized carbons (Fsp3) is 0.435. The number of carbonyl (C=O) groups excluding carboxylic acids is 1. The average Bonchev–Trinajstić information content (AvgIpc) is 2.69. The number of benzene rings is 2. The molecule has 0 amide bonds. The predicted molar refractivity (Wildman–Crippen MR) is 114 cm³/mol. The molecule has 2 aromatic carbocycles. The van der Waals surface area contributed by atoms with Gasteiger partial charge >= 0.3 is 5.97 Å². The molecule has 0 fully saturated rings. The van der Waals surface area contributed by atoms with Crippen molar-refractivity contribution in [1.82, 2.24) is 0 Å². The number of hydrogen-bond donors (Lipinski definition) is 1. The van der Waals surface area contributed by atoms with Crippen molar-refractivity contribution in [2.75, 3.05) is 0 Å². The first-order valence-electron chi connectivity index (χ1n) is 9.92. The summed E-state index contributed by atoms with van der Waals surface area (Å²) in [5.41, 5.74) is 2.00. The molecule has 1 unspecified atom stereocenters. The predicted octanol–water partition coefficient (Wildman–Crippen LogP) is 4.02. The first-order chi connectivity index (χ1) is 13.0. The average molecular weight is 385 g/mol. The molecule has 0 saturated carbocycles. The second-order valence-electron chi connectivity index (χ2n) is 7.48. The quantitative estimate of drug-likeness (QED) is 0.382. The van der Waals surface area contributed by atoms with Gasteiger partial charge in [-0.15, -0.1) is 0 Å². The highest BCUT2D eigenvalue weighted by Gasteiger charge is 2.31. The van der Waals surface area contributed by atoms with Gasteiger partial charge in [-0.25, -0.2) is 0 Å². The number of hydrogen-bond acceptors (Lipinski definition) is 3. The minimum Gasteiger partial charge on any atom is -0.461 e. The largest absolute Gasteiger partial charge is 0.461 e. The summed E-state index contributed by atoms with van der Waals surface area (Å²) in [7, 11) is -1.94. The summed E-state index contributed by atoms with van der Waals surface area (Å²) in [5, 5.41) is 12.3. The molecule has 27 heavy (non-hydrogen) atoms. The Bertz CT molecular complexity index is 744. The highest BCUT2D eigenvalue weighted by molar-refractivity contribution is 7.01. The van der Waals surface area contributed by atoms with E-state index in [1.807, 2.05) is 12.1 Å². The molecule has 146 valence electrons. The Balaban J connectivity index is 2.36. The van der Waals surface area contributed by atoms with Crippen molar-refractivity contribution in [3.05, 3.63) is 59.7 Å². The van der Waals surface area contributed by atoms with Crippen LogP contribution in [0.1, 0.15) is 50.7 Å². The van der Waals surface area contributed by atoms with Gasteiger partial charge in [-0.05, 0) is 17.2 Å². The standard InChI is InChI=1S/C23H32O3Si/c1-4-5-6-7-14-27(3,22-12-8-10-20(15-22)17-24)23-13-9-11-21(16-23)18-26-19(2)25/h8-13,15-16,24H,4-7,14,17-18H2,1-3H3. The third-order valence-electron chi connectivity index (χ3n) is 5.28. The maximum Gasteiger partial charge on any atom is 0.302 e. The molecular formula is C23H32O3Si. The number of esters is 1. The van der Waals surface area contributed by atoms with E-state index >= 15 is 0 Å². The van der Waals surface area contributed by atoms with Crippen LogP contribution in [0.2, 0.25) is 12.6 Å². The molecular weight excluding hydrogens is 352 g/mol. The number of carbonyl (C=O) groups is 1. The van der Waals surface area contributed by atoms with Crippen LogP contribution in [0.4, 0.5) is 0 Å². The van der Waals surface area contributed by atoms with E-state index in [0.717, 1.165) is 11.1 Å². The van der Waals surface area contributed by atoms with Gasteiger partial charge in [0.2, 0.25) is 0 Å². The van der Waals surface area contributed by atoms with Gasteiger partial charge < -0.3 is 9.84 Å². The smallest absolute Gasteiger partial charge is 0.302 e. The van der Waals surface area contributed by atoms with Crippen molar-refractivity contribution in [3.8, 4) is 0 Å². The summed E-state index contributed by atoms with van der Waals surface area (Å²) >= 11 is 0. The van der Waals surface area contributed by atoms with Gasteiger partial charge in [-0.1, -0.05) is 98.1 Å². The minimum absolute atomic E-state index is 0.0701. The van der Waals surface area contributed by atoms with Crippen molar-refractivity contribution in [3.63, 3.8) is 0 Å². The van der Waals surface area contributed by atoms with Gasteiger partial charge in [0.1, 0.15) is 14.7 Å². The Kier molecular flexibility index (Phi) is 8.26. The van der Waals surface area contributed by atoms with Crippen molar-refractivity contribution < 1.29 is 14.6 Å². The van der Waals surface area contributed by atoms with Gasteiger partial charge in [0, 0.05) is 6.92 Å². The van der Waals surface area contributed by atoms with Crippen LogP contribution < -0.4 is 10.4 Å². The lowest BCUT2D eigenvalue weighted by Crippen LogP contribution is -2.55. The van der Waals surface area contributed by atoms with Gasteiger partial charge in [0.15, 0.2) is 0 Å². The first-order valence-corrected chi connectivity index (χ1v) is 12.6. The molecule has 4 heteroatoms. The Labute approximate surface area is 164 Å². The van der Waals surface area contributed by atoms with E-state index in [1.54, 1.807) is 0 Å². The summed E-state index contributed by atoms with van der Waals surface area (Å²) in [5.74, 6) is -0.254. The summed E-state index contributed by atoms with van der Waals surface area (Å²) in [4.78, 5) is 11.2. The van der Waals surface area contributed by atoms with Crippen molar-refractivity contribution in [2.24, 2.45) is 0 Å². The molecule has 3 nitrogen and oxygen atoms in total. The SMILES string of the molecule is CCCCCC[Si](C)(c1cccc(CO)c1)c1cccc(COC(C)=O)c1. The van der Waals surface area contributed by atoms with E-state index in [9.17, 15) is 9.90 Å². The lowest BCUT2D eigenvalue weighted by atomic mass is 10.2. The summed E-state index contributed by atoms with van der Waals surface area (Å²) in [6.45, 7) is 6.48. The molecule has 0 aliphatic carbocycles. The van der Waals surface area contributed by atoms with Gasteiger partial charge in [0.05, 0.1) is 6.61 Å².